The van der Waals surface area contributed by atoms with E-state index in [1.54, 1.807) is 26.5 Å². The van der Waals surface area contributed by atoms with Gasteiger partial charge in [0, 0.05) is 37.2 Å². The van der Waals surface area contributed by atoms with E-state index in [1.807, 2.05) is 0 Å². The normalized spacial score (nSPS) is 25.2. The van der Waals surface area contributed by atoms with Gasteiger partial charge in [-0.1, -0.05) is 38.8 Å². The van der Waals surface area contributed by atoms with Gasteiger partial charge in [0.1, 0.15) is 90.7 Å². The van der Waals surface area contributed by atoms with E-state index in [0.29, 0.717) is 30.2 Å². The standard InChI is InChI=1S/C55H84B3N17O21/c1-20-33(72-47(75-45(20)61)25(12-32(60)79)67-15-24(59)46(62)85)51(89)74-35(41(28-16-64-19-68-28)94-54-43(39(83)37(81)29(17-76)93-54)95-53-40(84)42(96-55(63)91)38(82)30(18-77)92-53)52(90)69-22(3)36(80)21(2)48(86)73-34(23(4)78)50(88)66-11-8-31-56-13-26(70-31)44-57-14-27(71-44)49(87)65-10-7-9-58(5)6/h13-14,16,19,21-25,29-30,34-43,53-54,67,76-78,80-84H,7-12,15,17-18,59H2,1-6H3,(H2,60,79)(H2,62,85)(H2,63,91)(H,64,68)(H,65,87)(H,66,88)(H,69,90)(H,73,86)(H,74,89)(H2,61,72,75)/t21-,22+,23+,24-,25-,29?,30?,34-,35-,36-,37?,38?,39?,40?,41-,42?,43?,53?,54?/m0/s1. The predicted octanol–water partition coefficient (Wildman–Crippen LogP) is -8.96. The number of hydrogen-bond donors (Lipinski definition) is 20. The number of allylic oxidation sites excluding steroid dienone is 1. The zero-order valence-corrected chi connectivity index (χ0v) is 53.4. The number of rotatable bonds is 35. The van der Waals surface area contributed by atoms with Crippen molar-refractivity contribution < 1.29 is 103 Å². The van der Waals surface area contributed by atoms with E-state index in [1.165, 1.54) is 27.7 Å². The van der Waals surface area contributed by atoms with Crippen molar-refractivity contribution in [3.8, 4) is 0 Å². The number of aliphatic hydroxyl groups is 8. The van der Waals surface area contributed by atoms with Gasteiger partial charge in [0.15, 0.2) is 18.7 Å². The maximum Gasteiger partial charge on any atom is 0.404 e. The van der Waals surface area contributed by atoms with Crippen LogP contribution in [0.1, 0.15) is 79.7 Å². The van der Waals surface area contributed by atoms with Crippen molar-refractivity contribution in [3.63, 3.8) is 0 Å². The van der Waals surface area contributed by atoms with Gasteiger partial charge in [-0.3, -0.25) is 43.5 Å². The number of hydrogen-bond acceptors (Lipinski definition) is 29. The maximum absolute atomic E-state index is 15.2. The number of H-pyrrole nitrogens is 1. The number of nitrogens with zero attached hydrogens (tertiary/aromatic N) is 5. The molecule has 2 fully saturated rings. The molecule has 8 amide bonds. The van der Waals surface area contributed by atoms with Gasteiger partial charge in [-0.05, 0) is 39.2 Å². The van der Waals surface area contributed by atoms with Crippen LogP contribution in [0.15, 0.2) is 45.9 Å². The van der Waals surface area contributed by atoms with Crippen LogP contribution in [0.25, 0.3) is 0 Å². The summed E-state index contributed by atoms with van der Waals surface area (Å²) in [7, 11) is 3.36. The first-order chi connectivity index (χ1) is 45.3. The average Bonchev–Trinajstić information content (AvgIpc) is 0.943. The Kier molecular flexibility index (Phi) is 28.4. The first-order valence-corrected chi connectivity index (χ1v) is 30.7. The summed E-state index contributed by atoms with van der Waals surface area (Å²) in [6.45, 7) is 7.83. The highest BCUT2D eigenvalue weighted by Crippen LogP contribution is 2.34. The molecule has 41 heteroatoms. The molecule has 4 aliphatic rings. The monoisotopic (exact) mass is 1350 g/mol. The molecule has 0 bridgehead atoms. The number of nitrogens with one attached hydrogen (secondary N) is 7. The Labute approximate surface area is 551 Å². The molecule has 2 aromatic heterocycles. The molecule has 6 rings (SSSR count). The smallest absolute Gasteiger partial charge is 0.404 e. The van der Waals surface area contributed by atoms with Crippen LogP contribution in [0, 0.1) is 12.8 Å². The summed E-state index contributed by atoms with van der Waals surface area (Å²) in [4.78, 5) is 131. The van der Waals surface area contributed by atoms with Gasteiger partial charge in [-0.2, -0.15) is 0 Å². The topological polar surface area (TPSA) is 626 Å². The Balaban J connectivity index is 1.25. The molecular formula is C55H84B3N17O21. The lowest BCUT2D eigenvalue weighted by Gasteiger charge is -2.47. The largest absolute Gasteiger partial charge is 0.441 e. The number of carbonyl (C=O) groups is 8. The van der Waals surface area contributed by atoms with E-state index < -0.39 is 183 Å². The highest BCUT2D eigenvalue weighted by Gasteiger charge is 2.54. The zero-order chi connectivity index (χ0) is 71.0. The average molecular weight is 1350 g/mol. The number of aromatic amines is 1. The van der Waals surface area contributed by atoms with Crippen molar-refractivity contribution in [2.24, 2.45) is 38.8 Å². The van der Waals surface area contributed by atoms with Gasteiger partial charge in [0.25, 0.3) is 11.8 Å². The van der Waals surface area contributed by atoms with Gasteiger partial charge in [-0.15, -0.1) is 0 Å². The Morgan fingerprint density at radius 1 is 0.792 bits per heavy atom. The summed E-state index contributed by atoms with van der Waals surface area (Å²) in [6, 6.07) is -7.86. The molecule has 19 atom stereocenters. The second-order valence-corrected chi connectivity index (χ2v) is 23.7. The molecule has 6 heterocycles. The number of aliphatic imine (C=N–C) groups is 2. The Morgan fingerprint density at radius 2 is 1.48 bits per heavy atom. The summed E-state index contributed by atoms with van der Waals surface area (Å²) >= 11 is 0. The fraction of sp³-hybridized carbons (Fsp3) is 0.618. The number of imidazole rings is 1. The summed E-state index contributed by atoms with van der Waals surface area (Å²) < 4.78 is 28.7. The molecule has 4 aliphatic heterocycles. The minimum Gasteiger partial charge on any atom is -0.441 e. The number of nitrogen functional groups attached to an aromatic ring is 1. The van der Waals surface area contributed by atoms with Crippen molar-refractivity contribution in [3.05, 3.63) is 58.6 Å². The SMILES string of the molecule is CB(C)CCCNC(=O)C1=C[B]C(C2=C[B]C(CCNC(=O)[C@@H](NC(=O)[C@@H](C)[C@H](O)[C@@H](C)NC(=O)[C@@H](NC(=O)c3nc([C@H](CC(N)=O)NC[C@H](N)C(N)=O)nc(N)c3C)[C@@H](OC3OC(CO)C(O)C(O)C3OC3OC(CO)C(O)C(OC(N)=O)C3O)c3cnc[nH]3)[C@@H](C)O)=N2)=N1. The number of amides is 8. The fourth-order valence-corrected chi connectivity index (χ4v) is 10.3. The molecule has 2 radical (unpaired) electrons. The molecule has 524 valence electrons. The number of aromatic nitrogens is 4. The van der Waals surface area contributed by atoms with Crippen LogP contribution in [0.5, 0.6) is 0 Å². The van der Waals surface area contributed by atoms with E-state index >= 15 is 4.79 Å². The van der Waals surface area contributed by atoms with E-state index in [2.05, 4.69) is 75.5 Å². The quantitative estimate of drug-likeness (QED) is 0.0225. The molecule has 25 N–H and O–H groups in total. The van der Waals surface area contributed by atoms with Crippen molar-refractivity contribution in [1.29, 1.82) is 0 Å². The van der Waals surface area contributed by atoms with Gasteiger partial charge in [0.05, 0.1) is 73.4 Å². The molecular weight excluding hydrogens is 1270 g/mol. The number of aliphatic hydroxyl groups excluding tert-OH is 8. The molecule has 0 aromatic carbocycles. The molecule has 96 heavy (non-hydrogen) atoms. The van der Waals surface area contributed by atoms with E-state index in [-0.39, 0.29) is 54.0 Å². The van der Waals surface area contributed by atoms with Gasteiger partial charge >= 0.3 is 6.09 Å². The Morgan fingerprint density at radius 3 is 2.10 bits per heavy atom. The van der Waals surface area contributed by atoms with E-state index in [4.69, 9.17) is 52.4 Å². The number of carbonyl (C=O) groups excluding carboxylic acids is 8. The molecule has 2 aromatic rings. The second kappa shape index (κ2) is 35.4. The molecule has 0 spiro atoms. The van der Waals surface area contributed by atoms with Crippen molar-refractivity contribution in [2.45, 2.75) is 177 Å². The van der Waals surface area contributed by atoms with Crippen molar-refractivity contribution in [2.75, 3.05) is 38.6 Å². The summed E-state index contributed by atoms with van der Waals surface area (Å²) in [6.07, 6.45) is -23.3. The number of nitrogens with two attached hydrogens (primary N) is 5. The van der Waals surface area contributed by atoms with Crippen LogP contribution in [0.4, 0.5) is 10.6 Å². The third-order valence-corrected chi connectivity index (χ3v) is 15.9. The molecule has 10 unspecified atom stereocenters. The minimum absolute atomic E-state index is 0.0194. The summed E-state index contributed by atoms with van der Waals surface area (Å²) in [5, 5.41) is 104. The Bertz CT molecular complexity index is 3210. The molecule has 0 aliphatic carbocycles. The molecule has 2 saturated heterocycles. The van der Waals surface area contributed by atoms with E-state index in [9.17, 15) is 74.4 Å². The highest BCUT2D eigenvalue weighted by atomic mass is 16.8. The van der Waals surface area contributed by atoms with Crippen LogP contribution >= 0.6 is 0 Å². The van der Waals surface area contributed by atoms with Crippen LogP contribution in [0.3, 0.4) is 0 Å². The summed E-state index contributed by atoms with van der Waals surface area (Å²) in [5.41, 5.74) is 29.0. The zero-order valence-electron chi connectivity index (χ0n) is 53.4. The summed E-state index contributed by atoms with van der Waals surface area (Å²) in [5.74, 6) is -5.43. The van der Waals surface area contributed by atoms with Crippen LogP contribution in [-0.4, -0.2) is 271 Å². The minimum atomic E-state index is -2.20. The van der Waals surface area contributed by atoms with Gasteiger partial charge in [0.2, 0.25) is 44.1 Å². The lowest BCUT2D eigenvalue weighted by atomic mass is 9.51. The highest BCUT2D eigenvalue weighted by molar-refractivity contribution is 6.87. The first-order valence-electron chi connectivity index (χ1n) is 30.7. The third kappa shape index (κ3) is 20.3. The maximum atomic E-state index is 15.2. The predicted molar refractivity (Wildman–Crippen MR) is 338 cm³/mol. The third-order valence-electron chi connectivity index (χ3n) is 15.9. The lowest BCUT2D eigenvalue weighted by Crippen LogP contribution is -2.65. The number of primary amides is 3. The molecule has 38 nitrogen and oxygen atoms in total. The Hall–Kier alpha value is -7.90. The fourth-order valence-electron chi connectivity index (χ4n) is 10.3. The molecule has 0 saturated carbocycles. The van der Waals surface area contributed by atoms with Crippen LogP contribution in [0.2, 0.25) is 20.0 Å². The van der Waals surface area contributed by atoms with Gasteiger partial charge < -0.3 is 130 Å². The van der Waals surface area contributed by atoms with Crippen LogP contribution < -0.4 is 60.6 Å². The van der Waals surface area contributed by atoms with Crippen molar-refractivity contribution in [1.82, 2.24) is 51.8 Å². The number of ether oxygens (including phenoxy) is 5. The van der Waals surface area contributed by atoms with Gasteiger partial charge in [-0.25, -0.2) is 19.7 Å². The number of anilines is 1. The van der Waals surface area contributed by atoms with Crippen molar-refractivity contribution >= 4 is 85.8 Å². The van der Waals surface area contributed by atoms with E-state index in [0.717, 1.165) is 25.3 Å². The second-order valence-electron chi connectivity index (χ2n) is 23.7. The van der Waals surface area contributed by atoms with Crippen LogP contribution in [-0.2, 0) is 52.5 Å². The first kappa shape index (κ1) is 77.1. The lowest BCUT2D eigenvalue weighted by molar-refractivity contribution is -0.372.